The van der Waals surface area contributed by atoms with Crippen molar-refractivity contribution in [3.05, 3.63) is 35.9 Å². The molecule has 1 saturated carbocycles. The van der Waals surface area contributed by atoms with Crippen LogP contribution in [0.3, 0.4) is 0 Å². The molecule has 0 unspecified atom stereocenters. The number of hydrogen-bond donors (Lipinski definition) is 0. The van der Waals surface area contributed by atoms with E-state index in [0.717, 1.165) is 25.7 Å². The normalized spacial score (nSPS) is 16.2. The number of benzene rings is 1. The first-order valence-corrected chi connectivity index (χ1v) is 8.65. The molecule has 2 rings (SSSR count). The van der Waals surface area contributed by atoms with Crippen molar-refractivity contribution in [3.63, 3.8) is 0 Å². The van der Waals surface area contributed by atoms with Crippen molar-refractivity contribution >= 4 is 11.9 Å². The summed E-state index contributed by atoms with van der Waals surface area (Å²) >= 11 is 0. The number of carbonyl (C=O) groups is 2. The summed E-state index contributed by atoms with van der Waals surface area (Å²) in [6, 6.07) is 9.58. The van der Waals surface area contributed by atoms with Crippen LogP contribution in [0.4, 0.5) is 0 Å². The Morgan fingerprint density at radius 2 is 1.65 bits per heavy atom. The second-order valence-corrected chi connectivity index (χ2v) is 6.19. The van der Waals surface area contributed by atoms with E-state index in [1.54, 1.807) is 0 Å². The highest BCUT2D eigenvalue weighted by molar-refractivity contribution is 5.94. The van der Waals surface area contributed by atoms with Crippen molar-refractivity contribution in [3.8, 4) is 0 Å². The summed E-state index contributed by atoms with van der Waals surface area (Å²) in [5.41, 5.74) is 0.694. The Hall–Kier alpha value is -1.84. The maximum Gasteiger partial charge on any atom is 0.307 e. The zero-order valence-electron chi connectivity index (χ0n) is 14.0. The molecule has 0 heterocycles. The number of methoxy groups -OCH3 is 1. The molecule has 1 aliphatic carbocycles. The van der Waals surface area contributed by atoms with E-state index in [2.05, 4.69) is 0 Å². The van der Waals surface area contributed by atoms with E-state index >= 15 is 0 Å². The maximum absolute atomic E-state index is 12.9. The van der Waals surface area contributed by atoms with E-state index < -0.39 is 0 Å². The van der Waals surface area contributed by atoms with Crippen LogP contribution < -0.4 is 0 Å². The van der Waals surface area contributed by atoms with E-state index in [1.807, 2.05) is 35.2 Å². The molecule has 0 atom stereocenters. The van der Waals surface area contributed by atoms with Crippen LogP contribution in [0, 0.1) is 0 Å². The van der Waals surface area contributed by atoms with Gasteiger partial charge in [-0.2, -0.15) is 0 Å². The number of hydrogen-bond acceptors (Lipinski definition) is 3. The van der Waals surface area contributed by atoms with E-state index in [0.29, 0.717) is 12.1 Å². The molecule has 4 nitrogen and oxygen atoms in total. The van der Waals surface area contributed by atoms with Crippen LogP contribution in [-0.4, -0.2) is 36.5 Å². The molecular weight excluding hydrogens is 290 g/mol. The monoisotopic (exact) mass is 317 g/mol. The SMILES string of the molecule is COC(=O)CCN(C(=O)c1ccccc1)C1CCCCCCC1. The maximum atomic E-state index is 12.9. The summed E-state index contributed by atoms with van der Waals surface area (Å²) in [6.07, 6.45) is 8.39. The predicted octanol–water partition coefficient (Wildman–Crippen LogP) is 3.80. The van der Waals surface area contributed by atoms with E-state index in [1.165, 1.54) is 26.4 Å². The second kappa shape index (κ2) is 9.33. The Bertz CT molecular complexity index is 493. The summed E-state index contributed by atoms with van der Waals surface area (Å²) < 4.78 is 4.74. The lowest BCUT2D eigenvalue weighted by Gasteiger charge is -2.33. The summed E-state index contributed by atoms with van der Waals surface area (Å²) in [7, 11) is 1.39. The van der Waals surface area contributed by atoms with Crippen molar-refractivity contribution in [2.75, 3.05) is 13.7 Å². The fourth-order valence-corrected chi connectivity index (χ4v) is 3.26. The second-order valence-electron chi connectivity index (χ2n) is 6.19. The zero-order chi connectivity index (χ0) is 16.5. The summed E-state index contributed by atoms with van der Waals surface area (Å²) in [5.74, 6) is -0.234. The summed E-state index contributed by atoms with van der Waals surface area (Å²) in [6.45, 7) is 0.436. The highest BCUT2D eigenvalue weighted by Gasteiger charge is 2.25. The van der Waals surface area contributed by atoms with Gasteiger partial charge in [0, 0.05) is 18.2 Å². The van der Waals surface area contributed by atoms with Crippen LogP contribution >= 0.6 is 0 Å². The van der Waals surface area contributed by atoms with Gasteiger partial charge in [-0.1, -0.05) is 50.3 Å². The molecule has 23 heavy (non-hydrogen) atoms. The van der Waals surface area contributed by atoms with Gasteiger partial charge in [-0.25, -0.2) is 0 Å². The molecule has 126 valence electrons. The highest BCUT2D eigenvalue weighted by Crippen LogP contribution is 2.23. The van der Waals surface area contributed by atoms with Crippen LogP contribution in [0.2, 0.25) is 0 Å². The Kier molecular flexibility index (Phi) is 7.11. The third-order valence-electron chi connectivity index (χ3n) is 4.58. The van der Waals surface area contributed by atoms with Crippen LogP contribution in [-0.2, 0) is 9.53 Å². The minimum absolute atomic E-state index is 0.0278. The smallest absolute Gasteiger partial charge is 0.307 e. The lowest BCUT2D eigenvalue weighted by Crippen LogP contribution is -2.42. The molecule has 0 N–H and O–H groups in total. The standard InChI is InChI=1S/C19H27NO3/c1-23-18(21)14-15-20(17-12-8-3-2-4-9-13-17)19(22)16-10-6-5-7-11-16/h5-7,10-11,17H,2-4,8-9,12-15H2,1H3. The first kappa shape index (κ1) is 17.5. The van der Waals surface area contributed by atoms with Gasteiger partial charge in [-0.05, 0) is 25.0 Å². The molecule has 1 fully saturated rings. The highest BCUT2D eigenvalue weighted by atomic mass is 16.5. The van der Waals surface area contributed by atoms with Crippen molar-refractivity contribution in [2.45, 2.75) is 57.4 Å². The van der Waals surface area contributed by atoms with Gasteiger partial charge in [0.25, 0.3) is 5.91 Å². The topological polar surface area (TPSA) is 46.6 Å². The third-order valence-corrected chi connectivity index (χ3v) is 4.58. The molecule has 0 aliphatic heterocycles. The molecule has 4 heteroatoms. The minimum Gasteiger partial charge on any atom is -0.469 e. The molecule has 1 aliphatic rings. The molecule has 1 amide bonds. The number of ether oxygens (including phenoxy) is 1. The van der Waals surface area contributed by atoms with Crippen molar-refractivity contribution in [1.29, 1.82) is 0 Å². The average Bonchev–Trinajstić information content (AvgIpc) is 2.56. The molecule has 0 radical (unpaired) electrons. The van der Waals surface area contributed by atoms with E-state index in [4.69, 9.17) is 4.74 Å². The summed E-state index contributed by atoms with van der Waals surface area (Å²) in [4.78, 5) is 26.3. The number of carbonyl (C=O) groups excluding carboxylic acids is 2. The Balaban J connectivity index is 2.12. The predicted molar refractivity (Wildman–Crippen MR) is 90.2 cm³/mol. The molecule has 0 spiro atoms. The first-order chi connectivity index (χ1) is 11.2. The quantitative estimate of drug-likeness (QED) is 0.776. The molecule has 1 aromatic carbocycles. The van der Waals surface area contributed by atoms with Gasteiger partial charge in [0.15, 0.2) is 0 Å². The molecule has 1 aromatic rings. The Morgan fingerprint density at radius 3 is 2.26 bits per heavy atom. The van der Waals surface area contributed by atoms with Crippen LogP contribution in [0.15, 0.2) is 30.3 Å². The van der Waals surface area contributed by atoms with Crippen LogP contribution in [0.1, 0.15) is 61.7 Å². The molecular formula is C19H27NO3. The van der Waals surface area contributed by atoms with Gasteiger partial charge in [-0.3, -0.25) is 9.59 Å². The lowest BCUT2D eigenvalue weighted by atomic mass is 9.95. The number of rotatable bonds is 5. The van der Waals surface area contributed by atoms with Gasteiger partial charge in [0.1, 0.15) is 0 Å². The third kappa shape index (κ3) is 5.38. The summed E-state index contributed by atoms with van der Waals surface area (Å²) in [5, 5.41) is 0. The number of amides is 1. The Morgan fingerprint density at radius 1 is 1.04 bits per heavy atom. The van der Waals surface area contributed by atoms with Gasteiger partial charge in [0.2, 0.25) is 0 Å². The van der Waals surface area contributed by atoms with Crippen LogP contribution in [0.25, 0.3) is 0 Å². The average molecular weight is 317 g/mol. The van der Waals surface area contributed by atoms with Crippen LogP contribution in [0.5, 0.6) is 0 Å². The number of nitrogens with zero attached hydrogens (tertiary/aromatic N) is 1. The first-order valence-electron chi connectivity index (χ1n) is 8.65. The zero-order valence-corrected chi connectivity index (χ0v) is 14.0. The van der Waals surface area contributed by atoms with Gasteiger partial charge in [0.05, 0.1) is 13.5 Å². The molecule has 0 aromatic heterocycles. The minimum atomic E-state index is -0.262. The van der Waals surface area contributed by atoms with Gasteiger partial charge < -0.3 is 9.64 Å². The lowest BCUT2D eigenvalue weighted by molar-refractivity contribution is -0.140. The van der Waals surface area contributed by atoms with Gasteiger partial charge in [-0.15, -0.1) is 0 Å². The van der Waals surface area contributed by atoms with E-state index in [9.17, 15) is 9.59 Å². The molecule has 0 bridgehead atoms. The van der Waals surface area contributed by atoms with E-state index in [-0.39, 0.29) is 24.3 Å². The Labute approximate surface area is 138 Å². The fourth-order valence-electron chi connectivity index (χ4n) is 3.26. The largest absolute Gasteiger partial charge is 0.469 e. The van der Waals surface area contributed by atoms with Crippen molar-refractivity contribution < 1.29 is 14.3 Å². The number of esters is 1. The van der Waals surface area contributed by atoms with Gasteiger partial charge >= 0.3 is 5.97 Å². The van der Waals surface area contributed by atoms with Crippen molar-refractivity contribution in [1.82, 2.24) is 4.90 Å². The fraction of sp³-hybridized carbons (Fsp3) is 0.579. The molecule has 0 saturated heterocycles. The van der Waals surface area contributed by atoms with Crippen molar-refractivity contribution in [2.24, 2.45) is 0 Å².